The van der Waals surface area contributed by atoms with Crippen molar-refractivity contribution in [3.63, 3.8) is 0 Å². The fraction of sp³-hybridized carbons (Fsp3) is 0. The van der Waals surface area contributed by atoms with E-state index in [1.807, 2.05) is 36.4 Å². The van der Waals surface area contributed by atoms with E-state index in [-0.39, 0.29) is 0 Å². The van der Waals surface area contributed by atoms with Crippen molar-refractivity contribution in [3.05, 3.63) is 47.1 Å². The van der Waals surface area contributed by atoms with Crippen LogP contribution in [0.5, 0.6) is 0 Å². The standard InChI is InChI=1S/C13H7BrN4OS/c14-9-5-2-1-4-8(9)11-15-16-13-18(11)17-12(20-13)10-6-3-7-19-10/h1-7H. The highest BCUT2D eigenvalue weighted by Crippen LogP contribution is 2.30. The van der Waals surface area contributed by atoms with Gasteiger partial charge in [0.15, 0.2) is 16.6 Å². The van der Waals surface area contributed by atoms with Crippen molar-refractivity contribution in [2.75, 3.05) is 0 Å². The first-order valence-corrected chi connectivity index (χ1v) is 7.45. The van der Waals surface area contributed by atoms with Gasteiger partial charge in [-0.15, -0.1) is 15.3 Å². The first-order valence-electron chi connectivity index (χ1n) is 5.84. The van der Waals surface area contributed by atoms with Crippen LogP contribution in [0.2, 0.25) is 0 Å². The fourth-order valence-corrected chi connectivity index (χ4v) is 3.20. The molecule has 0 aliphatic carbocycles. The van der Waals surface area contributed by atoms with Crippen LogP contribution in [-0.2, 0) is 0 Å². The van der Waals surface area contributed by atoms with Crippen molar-refractivity contribution in [1.29, 1.82) is 0 Å². The van der Waals surface area contributed by atoms with Gasteiger partial charge in [0.2, 0.25) is 4.96 Å². The molecule has 0 aliphatic rings. The second-order valence-corrected chi connectivity index (χ2v) is 5.89. The van der Waals surface area contributed by atoms with E-state index in [1.54, 1.807) is 10.8 Å². The average molecular weight is 347 g/mol. The van der Waals surface area contributed by atoms with Crippen LogP contribution in [0.3, 0.4) is 0 Å². The lowest BCUT2D eigenvalue weighted by Gasteiger charge is -1.99. The maximum atomic E-state index is 5.36. The highest BCUT2D eigenvalue weighted by Gasteiger charge is 2.16. The summed E-state index contributed by atoms with van der Waals surface area (Å²) >= 11 is 4.97. The van der Waals surface area contributed by atoms with Crippen LogP contribution in [0.1, 0.15) is 0 Å². The van der Waals surface area contributed by atoms with Crippen LogP contribution < -0.4 is 0 Å². The van der Waals surface area contributed by atoms with E-state index < -0.39 is 0 Å². The first-order chi connectivity index (χ1) is 9.83. The van der Waals surface area contributed by atoms with Crippen molar-refractivity contribution in [2.24, 2.45) is 0 Å². The number of aromatic nitrogens is 4. The first kappa shape index (κ1) is 11.8. The monoisotopic (exact) mass is 346 g/mol. The molecule has 0 spiro atoms. The minimum Gasteiger partial charge on any atom is -0.462 e. The number of rotatable bonds is 2. The Hall–Kier alpha value is -1.99. The maximum absolute atomic E-state index is 5.36. The number of hydrogen-bond donors (Lipinski definition) is 0. The lowest BCUT2D eigenvalue weighted by Crippen LogP contribution is -1.91. The molecule has 1 aromatic carbocycles. The van der Waals surface area contributed by atoms with E-state index in [1.165, 1.54) is 11.3 Å². The van der Waals surface area contributed by atoms with Gasteiger partial charge in [0.1, 0.15) is 0 Å². The summed E-state index contributed by atoms with van der Waals surface area (Å²) in [4.78, 5) is 0.738. The highest BCUT2D eigenvalue weighted by atomic mass is 79.9. The minimum atomic E-state index is 0.710. The molecule has 0 atom stereocenters. The fourth-order valence-electron chi connectivity index (χ4n) is 1.93. The van der Waals surface area contributed by atoms with Crippen molar-refractivity contribution in [1.82, 2.24) is 19.8 Å². The molecule has 98 valence electrons. The molecule has 0 bridgehead atoms. The summed E-state index contributed by atoms with van der Waals surface area (Å²) in [6.45, 7) is 0. The zero-order valence-corrected chi connectivity index (χ0v) is 12.4. The second kappa shape index (κ2) is 4.53. The second-order valence-electron chi connectivity index (χ2n) is 4.08. The molecule has 0 fully saturated rings. The Morgan fingerprint density at radius 2 is 2.00 bits per heavy atom. The Bertz CT molecular complexity index is 881. The Morgan fingerprint density at radius 1 is 1.10 bits per heavy atom. The predicted molar refractivity (Wildman–Crippen MR) is 79.5 cm³/mol. The molecule has 0 amide bonds. The minimum absolute atomic E-state index is 0.710. The third-order valence-electron chi connectivity index (χ3n) is 2.84. The molecule has 3 heterocycles. The summed E-state index contributed by atoms with van der Waals surface area (Å²) in [5.41, 5.74) is 0.955. The number of halogens is 1. The number of fused-ring (bicyclic) bond motifs is 1. The van der Waals surface area contributed by atoms with Gasteiger partial charge >= 0.3 is 0 Å². The van der Waals surface area contributed by atoms with Gasteiger partial charge in [-0.1, -0.05) is 39.4 Å². The van der Waals surface area contributed by atoms with E-state index in [0.29, 0.717) is 5.82 Å². The highest BCUT2D eigenvalue weighted by molar-refractivity contribution is 9.10. The van der Waals surface area contributed by atoms with Crippen LogP contribution >= 0.6 is 27.3 Å². The molecule has 0 N–H and O–H groups in total. The van der Waals surface area contributed by atoms with Gasteiger partial charge in [-0.3, -0.25) is 0 Å². The molecule has 0 aliphatic heterocycles. The Labute approximate surface area is 126 Å². The molecule has 0 saturated carbocycles. The quantitative estimate of drug-likeness (QED) is 0.552. The molecular weight excluding hydrogens is 340 g/mol. The molecule has 3 aromatic heterocycles. The van der Waals surface area contributed by atoms with Crippen LogP contribution in [-0.4, -0.2) is 19.8 Å². The summed E-state index contributed by atoms with van der Waals surface area (Å²) in [5, 5.41) is 13.7. The number of hydrogen-bond acceptors (Lipinski definition) is 5. The van der Waals surface area contributed by atoms with Crippen molar-refractivity contribution < 1.29 is 4.42 Å². The Morgan fingerprint density at radius 3 is 2.80 bits per heavy atom. The van der Waals surface area contributed by atoms with Crippen molar-refractivity contribution >= 4 is 32.2 Å². The summed E-state index contributed by atoms with van der Waals surface area (Å²) < 4.78 is 8.06. The zero-order valence-electron chi connectivity index (χ0n) is 10.0. The topological polar surface area (TPSA) is 56.2 Å². The predicted octanol–water partition coefficient (Wildman–Crippen LogP) is 3.88. The summed E-state index contributed by atoms with van der Waals surface area (Å²) in [7, 11) is 0. The molecule has 5 nitrogen and oxygen atoms in total. The zero-order chi connectivity index (χ0) is 13.5. The van der Waals surface area contributed by atoms with Crippen LogP contribution in [0.4, 0.5) is 0 Å². The van der Waals surface area contributed by atoms with E-state index >= 15 is 0 Å². The third-order valence-corrected chi connectivity index (χ3v) is 4.44. The maximum Gasteiger partial charge on any atom is 0.235 e. The molecule has 20 heavy (non-hydrogen) atoms. The van der Waals surface area contributed by atoms with Gasteiger partial charge in [0.25, 0.3) is 0 Å². The summed E-state index contributed by atoms with van der Waals surface area (Å²) in [5.74, 6) is 1.44. The van der Waals surface area contributed by atoms with Crippen molar-refractivity contribution in [3.8, 4) is 22.2 Å². The van der Waals surface area contributed by atoms with E-state index in [0.717, 1.165) is 25.8 Å². The molecule has 4 rings (SSSR count). The third kappa shape index (κ3) is 1.78. The summed E-state index contributed by atoms with van der Waals surface area (Å²) in [6.07, 6.45) is 1.63. The van der Waals surface area contributed by atoms with Gasteiger partial charge in [-0.2, -0.15) is 4.52 Å². The largest absolute Gasteiger partial charge is 0.462 e. The van der Waals surface area contributed by atoms with E-state index in [9.17, 15) is 0 Å². The number of furan rings is 1. The normalized spacial score (nSPS) is 11.2. The van der Waals surface area contributed by atoms with Gasteiger partial charge in [0.05, 0.1) is 6.26 Å². The lowest BCUT2D eigenvalue weighted by atomic mass is 10.2. The van der Waals surface area contributed by atoms with Gasteiger partial charge in [-0.05, 0) is 24.3 Å². The summed E-state index contributed by atoms with van der Waals surface area (Å²) in [6, 6.07) is 11.6. The number of nitrogens with zero attached hydrogens (tertiary/aromatic N) is 4. The van der Waals surface area contributed by atoms with Gasteiger partial charge in [0, 0.05) is 10.0 Å². The van der Waals surface area contributed by atoms with Gasteiger partial charge < -0.3 is 4.42 Å². The molecule has 4 aromatic rings. The van der Waals surface area contributed by atoms with Crippen LogP contribution in [0.15, 0.2) is 51.6 Å². The van der Waals surface area contributed by atoms with Crippen LogP contribution in [0.25, 0.3) is 27.1 Å². The molecule has 0 radical (unpaired) electrons. The molecular formula is C13H7BrN4OS. The van der Waals surface area contributed by atoms with Crippen molar-refractivity contribution in [2.45, 2.75) is 0 Å². The Balaban J connectivity index is 1.92. The molecule has 0 unspecified atom stereocenters. The molecule has 0 saturated heterocycles. The van der Waals surface area contributed by atoms with E-state index in [2.05, 4.69) is 31.2 Å². The lowest BCUT2D eigenvalue weighted by molar-refractivity contribution is 0.580. The van der Waals surface area contributed by atoms with E-state index in [4.69, 9.17) is 4.42 Å². The van der Waals surface area contributed by atoms with Crippen LogP contribution in [0, 0.1) is 0 Å². The number of benzene rings is 1. The smallest absolute Gasteiger partial charge is 0.235 e. The average Bonchev–Trinajstić information content (AvgIpc) is 3.15. The Kier molecular flexibility index (Phi) is 2.68. The molecule has 7 heteroatoms. The SMILES string of the molecule is Brc1ccccc1-c1nnc2sc(-c3ccco3)nn12. The van der Waals surface area contributed by atoms with Gasteiger partial charge in [-0.25, -0.2) is 0 Å².